The predicted molar refractivity (Wildman–Crippen MR) is 46.8 cm³/mol. The highest BCUT2D eigenvalue weighted by Gasteiger charge is 1.95. The predicted octanol–water partition coefficient (Wildman–Crippen LogP) is 0.891. The Balaban J connectivity index is 2.60. The van der Waals surface area contributed by atoms with Crippen LogP contribution in [0.2, 0.25) is 0 Å². The third-order valence-electron chi connectivity index (χ3n) is 1.57. The van der Waals surface area contributed by atoms with Gasteiger partial charge in [0.05, 0.1) is 7.11 Å². The van der Waals surface area contributed by atoms with Crippen LogP contribution in [0.15, 0.2) is 18.3 Å². The van der Waals surface area contributed by atoms with Gasteiger partial charge in [-0.3, -0.25) is 0 Å². The minimum Gasteiger partial charge on any atom is -0.481 e. The molecular weight excluding hydrogens is 152 g/mol. The first-order valence-corrected chi connectivity index (χ1v) is 3.79. The average molecular weight is 164 g/mol. The number of hydrogen-bond acceptors (Lipinski definition) is 3. The Kier molecular flexibility index (Phi) is 3.54. The third-order valence-corrected chi connectivity index (χ3v) is 1.57. The summed E-state index contributed by atoms with van der Waals surface area (Å²) in [5.41, 5.74) is 1.17. The van der Waals surface area contributed by atoms with Gasteiger partial charge in [-0.2, -0.15) is 0 Å². The summed E-state index contributed by atoms with van der Waals surface area (Å²) >= 11 is 0. The lowest BCUT2D eigenvalue weighted by atomic mass is 10.2. The van der Waals surface area contributed by atoms with Crippen LogP contribution >= 0.6 is 0 Å². The van der Waals surface area contributed by atoms with Crippen molar-refractivity contribution in [3.8, 4) is 5.88 Å². The highest BCUT2D eigenvalue weighted by Crippen LogP contribution is 2.08. The summed E-state index contributed by atoms with van der Waals surface area (Å²) in [4.78, 5) is 3.99. The van der Waals surface area contributed by atoms with E-state index in [0.29, 0.717) is 5.88 Å². The van der Waals surface area contributed by atoms with E-state index in [1.165, 1.54) is 5.56 Å². The van der Waals surface area contributed by atoms with Crippen molar-refractivity contribution in [2.75, 3.05) is 13.7 Å². The zero-order chi connectivity index (χ0) is 8.81. The summed E-state index contributed by atoms with van der Waals surface area (Å²) in [6, 6.07) is 3.84. The summed E-state index contributed by atoms with van der Waals surface area (Å²) < 4.78 is 4.97. The largest absolute Gasteiger partial charge is 0.481 e. The van der Waals surface area contributed by atoms with Crippen LogP contribution < -0.4 is 10.1 Å². The molecule has 0 spiro atoms. The molecule has 0 fully saturated rings. The van der Waals surface area contributed by atoms with Gasteiger partial charge in [0.15, 0.2) is 0 Å². The van der Waals surface area contributed by atoms with E-state index in [-0.39, 0.29) is 0 Å². The highest BCUT2D eigenvalue weighted by atomic mass is 16.5. The maximum Gasteiger partial charge on any atom is 0.213 e. The van der Waals surface area contributed by atoms with E-state index in [4.69, 9.17) is 11.8 Å². The number of nitrogens with zero attached hydrogens (tertiary/aromatic N) is 1. The molecule has 3 nitrogen and oxygen atoms in total. The number of methoxy groups -OCH3 is 1. The first-order valence-electron chi connectivity index (χ1n) is 3.79. The van der Waals surface area contributed by atoms with Crippen LogP contribution in [0.4, 0.5) is 0 Å². The molecule has 0 saturated heterocycles. The minimum absolute atomic E-state index is 0.643. The number of pyridine rings is 1. The van der Waals surface area contributed by atoms with Gasteiger partial charge in [-0.15, -0.1) is 0 Å². The molecule has 1 aromatic heterocycles. The van der Waals surface area contributed by atoms with Gasteiger partial charge < -0.3 is 10.1 Å². The molecule has 0 aliphatic heterocycles. The highest BCUT2D eigenvalue weighted by molar-refractivity contribution is 5.20. The van der Waals surface area contributed by atoms with Gasteiger partial charge in [0.2, 0.25) is 5.88 Å². The van der Waals surface area contributed by atoms with Crippen molar-refractivity contribution in [3.05, 3.63) is 30.9 Å². The second-order valence-corrected chi connectivity index (χ2v) is 2.41. The molecule has 0 atom stereocenters. The van der Waals surface area contributed by atoms with Crippen LogP contribution in [0.3, 0.4) is 0 Å². The zero-order valence-corrected chi connectivity index (χ0v) is 7.08. The lowest BCUT2D eigenvalue weighted by Gasteiger charge is -2.02. The van der Waals surface area contributed by atoms with Crippen molar-refractivity contribution in [2.24, 2.45) is 0 Å². The molecule has 1 aromatic rings. The maximum atomic E-state index is 5.15. The normalized spacial score (nSPS) is 9.83. The third kappa shape index (κ3) is 2.51. The monoisotopic (exact) mass is 164 g/mol. The fourth-order valence-corrected chi connectivity index (χ4v) is 0.934. The van der Waals surface area contributed by atoms with Crippen molar-refractivity contribution in [3.63, 3.8) is 0 Å². The maximum absolute atomic E-state index is 5.15. The Morgan fingerprint density at radius 1 is 1.67 bits per heavy atom. The van der Waals surface area contributed by atoms with Crippen LogP contribution in [0.25, 0.3) is 0 Å². The smallest absolute Gasteiger partial charge is 0.213 e. The number of hydrogen-bond donors (Lipinski definition) is 1. The Hall–Kier alpha value is -1.09. The van der Waals surface area contributed by atoms with E-state index >= 15 is 0 Å². The van der Waals surface area contributed by atoms with Crippen molar-refractivity contribution in [2.45, 2.75) is 6.42 Å². The zero-order valence-electron chi connectivity index (χ0n) is 7.08. The van der Waals surface area contributed by atoms with E-state index in [1.807, 2.05) is 12.1 Å². The Labute approximate surface area is 72.8 Å². The molecule has 64 valence electrons. The average Bonchev–Trinajstić information content (AvgIpc) is 2.15. The molecule has 0 amide bonds. The Morgan fingerprint density at radius 2 is 2.50 bits per heavy atom. The van der Waals surface area contributed by atoms with E-state index < -0.39 is 0 Å². The van der Waals surface area contributed by atoms with Crippen LogP contribution in [-0.2, 0) is 6.42 Å². The molecule has 0 saturated carbocycles. The molecule has 1 heterocycles. The summed E-state index contributed by atoms with van der Waals surface area (Å²) in [5, 5.41) is 2.59. The number of rotatable bonds is 4. The van der Waals surface area contributed by atoms with Crippen LogP contribution in [0, 0.1) is 7.05 Å². The molecule has 1 N–H and O–H groups in total. The first kappa shape index (κ1) is 9.00. The van der Waals surface area contributed by atoms with Gasteiger partial charge in [0.1, 0.15) is 0 Å². The molecule has 3 heteroatoms. The van der Waals surface area contributed by atoms with Gasteiger partial charge in [0, 0.05) is 19.3 Å². The van der Waals surface area contributed by atoms with Crippen molar-refractivity contribution in [1.82, 2.24) is 10.3 Å². The van der Waals surface area contributed by atoms with Crippen LogP contribution in [-0.4, -0.2) is 18.6 Å². The van der Waals surface area contributed by atoms with Crippen molar-refractivity contribution >= 4 is 0 Å². The van der Waals surface area contributed by atoms with E-state index in [1.54, 1.807) is 13.3 Å². The number of nitrogens with one attached hydrogen (secondary N) is 1. The molecule has 0 aliphatic carbocycles. The van der Waals surface area contributed by atoms with E-state index in [9.17, 15) is 0 Å². The van der Waals surface area contributed by atoms with Crippen molar-refractivity contribution in [1.29, 1.82) is 0 Å². The molecule has 12 heavy (non-hydrogen) atoms. The fourth-order valence-electron chi connectivity index (χ4n) is 0.934. The fraction of sp³-hybridized carbons (Fsp3) is 0.333. The first-order chi connectivity index (χ1) is 5.86. The van der Waals surface area contributed by atoms with Crippen LogP contribution in [0.5, 0.6) is 5.88 Å². The van der Waals surface area contributed by atoms with Gasteiger partial charge in [-0.25, -0.2) is 4.98 Å². The Bertz CT molecular complexity index is 238. The number of aromatic nitrogens is 1. The second kappa shape index (κ2) is 4.72. The summed E-state index contributed by atoms with van der Waals surface area (Å²) in [5.74, 6) is 0.643. The topological polar surface area (TPSA) is 34.2 Å². The lowest BCUT2D eigenvalue weighted by Crippen LogP contribution is -2.07. The van der Waals surface area contributed by atoms with Crippen LogP contribution in [0.1, 0.15) is 5.56 Å². The standard InChI is InChI=1S/C9H12N2O/c1-10-5-3-8-4-6-11-9(7-8)12-2/h1,4,6-7,10H,3,5H2,2H3. The van der Waals surface area contributed by atoms with Gasteiger partial charge in [0.25, 0.3) is 0 Å². The quantitative estimate of drug-likeness (QED) is 0.671. The van der Waals surface area contributed by atoms with E-state index in [0.717, 1.165) is 13.0 Å². The molecule has 0 aromatic carbocycles. The van der Waals surface area contributed by atoms with Gasteiger partial charge in [-0.05, 0) is 24.6 Å². The molecule has 1 rings (SSSR count). The SMILES string of the molecule is [CH]NCCc1ccnc(OC)c1. The lowest BCUT2D eigenvalue weighted by molar-refractivity contribution is 0.397. The van der Waals surface area contributed by atoms with Gasteiger partial charge >= 0.3 is 0 Å². The second-order valence-electron chi connectivity index (χ2n) is 2.41. The molecule has 2 radical (unpaired) electrons. The summed E-state index contributed by atoms with van der Waals surface area (Å²) in [6.07, 6.45) is 2.61. The van der Waals surface area contributed by atoms with Gasteiger partial charge in [-0.1, -0.05) is 0 Å². The molecule has 0 unspecified atom stereocenters. The Morgan fingerprint density at radius 3 is 3.17 bits per heavy atom. The van der Waals surface area contributed by atoms with E-state index in [2.05, 4.69) is 10.3 Å². The summed E-state index contributed by atoms with van der Waals surface area (Å²) in [6.45, 7) is 0.757. The van der Waals surface area contributed by atoms with Crippen molar-refractivity contribution < 1.29 is 4.74 Å². The molecular formula is C9H12N2O. The minimum atomic E-state index is 0.643. The number of ether oxygens (including phenoxy) is 1. The summed E-state index contributed by atoms with van der Waals surface area (Å²) in [7, 11) is 6.75. The molecule has 0 aliphatic rings. The molecule has 0 bridgehead atoms.